The summed E-state index contributed by atoms with van der Waals surface area (Å²) in [4.78, 5) is 11.9. The van der Waals surface area contributed by atoms with Gasteiger partial charge in [-0.3, -0.25) is 4.79 Å². The summed E-state index contributed by atoms with van der Waals surface area (Å²) < 4.78 is 5.09. The van der Waals surface area contributed by atoms with Crippen LogP contribution in [0.25, 0.3) is 0 Å². The largest absolute Gasteiger partial charge is 0.497 e. The van der Waals surface area contributed by atoms with Crippen LogP contribution in [0.4, 0.5) is 11.4 Å². The highest BCUT2D eigenvalue weighted by Gasteiger charge is 2.02. The van der Waals surface area contributed by atoms with Gasteiger partial charge in [0.05, 0.1) is 13.7 Å². The summed E-state index contributed by atoms with van der Waals surface area (Å²) in [5.74, 6) is 0.719. The van der Waals surface area contributed by atoms with Crippen LogP contribution in [0.3, 0.4) is 0 Å². The molecule has 0 aliphatic carbocycles. The molecule has 0 aliphatic rings. The molecule has 0 saturated carbocycles. The maximum atomic E-state index is 11.9. The van der Waals surface area contributed by atoms with Crippen LogP contribution in [0.15, 0.2) is 48.5 Å². The molecule has 0 saturated heterocycles. The molecule has 0 spiro atoms. The van der Waals surface area contributed by atoms with E-state index in [-0.39, 0.29) is 12.5 Å². The lowest BCUT2D eigenvalue weighted by Crippen LogP contribution is -2.21. The van der Waals surface area contributed by atoms with E-state index in [2.05, 4.69) is 17.6 Å². The van der Waals surface area contributed by atoms with Crippen LogP contribution in [0.1, 0.15) is 12.5 Å². The molecule has 1 amide bonds. The lowest BCUT2D eigenvalue weighted by atomic mass is 10.1. The third kappa shape index (κ3) is 4.53. The maximum Gasteiger partial charge on any atom is 0.243 e. The Bertz CT molecular complexity index is 577. The Labute approximate surface area is 125 Å². The second-order valence-corrected chi connectivity index (χ2v) is 4.68. The van der Waals surface area contributed by atoms with Gasteiger partial charge in [-0.2, -0.15) is 0 Å². The Kier molecular flexibility index (Phi) is 5.21. The molecule has 4 nitrogen and oxygen atoms in total. The Balaban J connectivity index is 1.83. The zero-order valence-electron chi connectivity index (χ0n) is 12.3. The number of hydrogen-bond acceptors (Lipinski definition) is 3. The van der Waals surface area contributed by atoms with Crippen molar-refractivity contribution in [2.75, 3.05) is 24.3 Å². The van der Waals surface area contributed by atoms with E-state index in [0.717, 1.165) is 23.5 Å². The molecule has 110 valence electrons. The molecule has 2 N–H and O–H groups in total. The number of amides is 1. The van der Waals surface area contributed by atoms with Crippen molar-refractivity contribution in [3.05, 3.63) is 54.1 Å². The minimum Gasteiger partial charge on any atom is -0.497 e. The predicted octanol–water partition coefficient (Wildman–Crippen LogP) is 3.31. The van der Waals surface area contributed by atoms with Crippen molar-refractivity contribution in [1.29, 1.82) is 0 Å². The number of aryl methyl sites for hydroxylation is 1. The fraction of sp³-hybridized carbons (Fsp3) is 0.235. The predicted molar refractivity (Wildman–Crippen MR) is 85.9 cm³/mol. The first-order chi connectivity index (χ1) is 10.2. The van der Waals surface area contributed by atoms with E-state index in [1.807, 2.05) is 48.5 Å². The average Bonchev–Trinajstić information content (AvgIpc) is 2.54. The highest BCUT2D eigenvalue weighted by molar-refractivity contribution is 5.93. The topological polar surface area (TPSA) is 50.4 Å². The third-order valence-electron chi connectivity index (χ3n) is 3.19. The van der Waals surface area contributed by atoms with E-state index in [1.165, 1.54) is 5.56 Å². The lowest BCUT2D eigenvalue weighted by Gasteiger charge is -2.09. The second kappa shape index (κ2) is 7.33. The molecule has 2 aromatic carbocycles. The van der Waals surface area contributed by atoms with Gasteiger partial charge in [-0.15, -0.1) is 0 Å². The summed E-state index contributed by atoms with van der Waals surface area (Å²) in [6, 6.07) is 15.3. The van der Waals surface area contributed by atoms with Gasteiger partial charge in [-0.25, -0.2) is 0 Å². The highest BCUT2D eigenvalue weighted by atomic mass is 16.5. The molecule has 2 rings (SSSR count). The Hall–Kier alpha value is -2.49. The van der Waals surface area contributed by atoms with Gasteiger partial charge in [0.2, 0.25) is 5.91 Å². The van der Waals surface area contributed by atoms with Crippen LogP contribution < -0.4 is 15.4 Å². The van der Waals surface area contributed by atoms with Gasteiger partial charge >= 0.3 is 0 Å². The molecular formula is C17H20N2O2. The van der Waals surface area contributed by atoms with Gasteiger partial charge in [0, 0.05) is 11.4 Å². The van der Waals surface area contributed by atoms with E-state index in [9.17, 15) is 4.79 Å². The number of benzene rings is 2. The van der Waals surface area contributed by atoms with Crippen molar-refractivity contribution in [3.63, 3.8) is 0 Å². The van der Waals surface area contributed by atoms with Crippen LogP contribution in [0.5, 0.6) is 5.75 Å². The van der Waals surface area contributed by atoms with Gasteiger partial charge in [-0.05, 0) is 48.4 Å². The maximum absolute atomic E-state index is 11.9. The van der Waals surface area contributed by atoms with E-state index in [0.29, 0.717) is 0 Å². The lowest BCUT2D eigenvalue weighted by molar-refractivity contribution is -0.114. The van der Waals surface area contributed by atoms with Crippen LogP contribution in [-0.4, -0.2) is 19.6 Å². The molecule has 21 heavy (non-hydrogen) atoms. The Morgan fingerprint density at radius 1 is 1.00 bits per heavy atom. The normalized spacial score (nSPS) is 10.0. The van der Waals surface area contributed by atoms with Gasteiger partial charge in [-0.1, -0.05) is 19.1 Å². The van der Waals surface area contributed by atoms with Crippen LogP contribution >= 0.6 is 0 Å². The number of anilines is 2. The van der Waals surface area contributed by atoms with Gasteiger partial charge < -0.3 is 15.4 Å². The fourth-order valence-corrected chi connectivity index (χ4v) is 1.92. The Morgan fingerprint density at radius 3 is 2.19 bits per heavy atom. The van der Waals surface area contributed by atoms with E-state index < -0.39 is 0 Å². The molecule has 0 atom stereocenters. The molecule has 0 radical (unpaired) electrons. The minimum atomic E-state index is -0.0740. The van der Waals surface area contributed by atoms with E-state index in [4.69, 9.17) is 4.74 Å². The summed E-state index contributed by atoms with van der Waals surface area (Å²) in [6.07, 6.45) is 0.993. The third-order valence-corrected chi connectivity index (χ3v) is 3.19. The summed E-state index contributed by atoms with van der Waals surface area (Å²) in [5.41, 5.74) is 2.95. The molecule has 0 aromatic heterocycles. The number of methoxy groups -OCH3 is 1. The van der Waals surface area contributed by atoms with Crippen LogP contribution in [0, 0.1) is 0 Å². The second-order valence-electron chi connectivity index (χ2n) is 4.68. The first kappa shape index (κ1) is 14.9. The van der Waals surface area contributed by atoms with Gasteiger partial charge in [0.15, 0.2) is 0 Å². The number of carbonyl (C=O) groups excluding carboxylic acids is 1. The van der Waals surface area contributed by atoms with Gasteiger partial charge in [0.1, 0.15) is 5.75 Å². The van der Waals surface area contributed by atoms with E-state index in [1.54, 1.807) is 7.11 Å². The number of ether oxygens (including phenoxy) is 1. The molecule has 0 bridgehead atoms. The monoisotopic (exact) mass is 284 g/mol. The Morgan fingerprint density at radius 2 is 1.62 bits per heavy atom. The molecule has 0 heterocycles. The van der Waals surface area contributed by atoms with Crippen LogP contribution in [-0.2, 0) is 11.2 Å². The van der Waals surface area contributed by atoms with Crippen molar-refractivity contribution >= 4 is 17.3 Å². The van der Waals surface area contributed by atoms with Crippen LogP contribution in [0.2, 0.25) is 0 Å². The van der Waals surface area contributed by atoms with Crippen molar-refractivity contribution in [1.82, 2.24) is 0 Å². The number of nitrogens with one attached hydrogen (secondary N) is 2. The summed E-state index contributed by atoms with van der Waals surface area (Å²) in [5, 5.41) is 5.93. The molecule has 0 unspecified atom stereocenters. The zero-order valence-corrected chi connectivity index (χ0v) is 12.3. The first-order valence-electron chi connectivity index (χ1n) is 6.98. The summed E-state index contributed by atoms with van der Waals surface area (Å²) in [6.45, 7) is 2.33. The molecular weight excluding hydrogens is 264 g/mol. The van der Waals surface area contributed by atoms with E-state index >= 15 is 0 Å². The van der Waals surface area contributed by atoms with Crippen molar-refractivity contribution in [3.8, 4) is 5.75 Å². The minimum absolute atomic E-state index is 0.0740. The quantitative estimate of drug-likeness (QED) is 0.855. The number of hydrogen-bond donors (Lipinski definition) is 2. The fourth-order valence-electron chi connectivity index (χ4n) is 1.92. The molecule has 4 heteroatoms. The first-order valence-corrected chi connectivity index (χ1v) is 6.98. The molecule has 0 aliphatic heterocycles. The SMILES string of the molecule is CCc1ccc(NC(=O)CNc2ccc(OC)cc2)cc1. The zero-order chi connectivity index (χ0) is 15.1. The molecule has 2 aromatic rings. The average molecular weight is 284 g/mol. The number of rotatable bonds is 6. The number of carbonyl (C=O) groups is 1. The summed E-state index contributed by atoms with van der Waals surface area (Å²) >= 11 is 0. The highest BCUT2D eigenvalue weighted by Crippen LogP contribution is 2.15. The smallest absolute Gasteiger partial charge is 0.243 e. The van der Waals surface area contributed by atoms with Crippen molar-refractivity contribution < 1.29 is 9.53 Å². The molecule has 0 fully saturated rings. The summed E-state index contributed by atoms with van der Waals surface area (Å²) in [7, 11) is 1.62. The standard InChI is InChI=1S/C17H20N2O2/c1-3-13-4-6-15(7-5-13)19-17(20)12-18-14-8-10-16(21-2)11-9-14/h4-11,18H,3,12H2,1-2H3,(H,19,20). The van der Waals surface area contributed by atoms with Gasteiger partial charge in [0.25, 0.3) is 0 Å². The van der Waals surface area contributed by atoms with Crippen molar-refractivity contribution in [2.24, 2.45) is 0 Å². The van der Waals surface area contributed by atoms with Crippen molar-refractivity contribution in [2.45, 2.75) is 13.3 Å².